The maximum Gasteiger partial charge on any atom is 0.193 e. The molecule has 2 aliphatic heterocycles. The summed E-state index contributed by atoms with van der Waals surface area (Å²) in [7, 11) is 3.92. The number of rotatable bonds is 5. The van der Waals surface area contributed by atoms with E-state index in [1.54, 1.807) is 0 Å². The van der Waals surface area contributed by atoms with Gasteiger partial charge in [-0.3, -0.25) is 4.99 Å². The summed E-state index contributed by atoms with van der Waals surface area (Å²) in [5.41, 5.74) is 0. The molecule has 1 unspecified atom stereocenters. The van der Waals surface area contributed by atoms with Crippen LogP contribution in [0.4, 0.5) is 0 Å². The van der Waals surface area contributed by atoms with E-state index >= 15 is 0 Å². The van der Waals surface area contributed by atoms with Crippen LogP contribution in [0, 0.1) is 5.92 Å². The van der Waals surface area contributed by atoms with Crippen LogP contribution in [0.1, 0.15) is 19.3 Å². The molecule has 0 radical (unpaired) electrons. The number of hydrogen-bond acceptors (Lipinski definition) is 4. The van der Waals surface area contributed by atoms with Crippen LogP contribution < -0.4 is 5.32 Å². The van der Waals surface area contributed by atoms with Crippen LogP contribution >= 0.6 is 24.0 Å². The van der Waals surface area contributed by atoms with Crippen LogP contribution in [-0.2, 0) is 14.2 Å². The van der Waals surface area contributed by atoms with Gasteiger partial charge in [-0.1, -0.05) is 0 Å². The van der Waals surface area contributed by atoms with Crippen LogP contribution in [0.5, 0.6) is 0 Å². The fourth-order valence-electron chi connectivity index (χ4n) is 2.76. The number of guanidine groups is 1. The molecule has 2 heterocycles. The first-order valence-corrected chi connectivity index (χ1v) is 7.98. The van der Waals surface area contributed by atoms with E-state index in [9.17, 15) is 0 Å². The topological polar surface area (TPSA) is 55.3 Å². The Labute approximate surface area is 151 Å². The van der Waals surface area contributed by atoms with Crippen LogP contribution in [0.2, 0.25) is 0 Å². The minimum atomic E-state index is 0. The standard InChI is InChI=1S/C15H29N3O3.HI/c1-16-15(17-11-14-12-20-9-10-21-14)18(2)6-3-13-4-7-19-8-5-13;/h13-14H,3-12H2,1-2H3,(H,16,17);1H. The maximum atomic E-state index is 5.63. The average molecular weight is 427 g/mol. The predicted molar refractivity (Wildman–Crippen MR) is 98.1 cm³/mol. The van der Waals surface area contributed by atoms with Crippen molar-refractivity contribution < 1.29 is 14.2 Å². The minimum absolute atomic E-state index is 0. The summed E-state index contributed by atoms with van der Waals surface area (Å²) in [5, 5.41) is 3.37. The van der Waals surface area contributed by atoms with Crippen molar-refractivity contribution in [3.05, 3.63) is 0 Å². The summed E-state index contributed by atoms with van der Waals surface area (Å²) in [6.07, 6.45) is 3.70. The van der Waals surface area contributed by atoms with Crippen molar-refractivity contribution >= 4 is 29.9 Å². The van der Waals surface area contributed by atoms with E-state index < -0.39 is 0 Å². The molecule has 0 aliphatic carbocycles. The van der Waals surface area contributed by atoms with Gasteiger partial charge >= 0.3 is 0 Å². The van der Waals surface area contributed by atoms with E-state index in [-0.39, 0.29) is 30.1 Å². The highest BCUT2D eigenvalue weighted by molar-refractivity contribution is 14.0. The Bertz CT molecular complexity index is 319. The highest BCUT2D eigenvalue weighted by Gasteiger charge is 2.17. The van der Waals surface area contributed by atoms with Gasteiger partial charge in [-0.15, -0.1) is 24.0 Å². The van der Waals surface area contributed by atoms with Crippen molar-refractivity contribution in [2.24, 2.45) is 10.9 Å². The lowest BCUT2D eigenvalue weighted by molar-refractivity contribution is -0.0851. The molecule has 0 amide bonds. The molecule has 6 nitrogen and oxygen atoms in total. The van der Waals surface area contributed by atoms with Gasteiger partial charge in [-0.05, 0) is 25.2 Å². The SMILES string of the molecule is CN=C(NCC1COCCO1)N(C)CCC1CCOCC1.I. The first kappa shape index (κ1) is 19.9. The zero-order valence-corrected chi connectivity index (χ0v) is 16.1. The smallest absolute Gasteiger partial charge is 0.193 e. The molecule has 7 heteroatoms. The van der Waals surface area contributed by atoms with Gasteiger partial charge in [0.1, 0.15) is 0 Å². The molecule has 0 aromatic rings. The molecule has 2 rings (SSSR count). The lowest BCUT2D eigenvalue weighted by Crippen LogP contribution is -2.45. The van der Waals surface area contributed by atoms with Crippen LogP contribution in [0.25, 0.3) is 0 Å². The Balaban J connectivity index is 0.00000242. The van der Waals surface area contributed by atoms with Crippen LogP contribution in [0.15, 0.2) is 4.99 Å². The van der Waals surface area contributed by atoms with Crippen molar-refractivity contribution in [3.63, 3.8) is 0 Å². The van der Waals surface area contributed by atoms with Gasteiger partial charge in [0.25, 0.3) is 0 Å². The van der Waals surface area contributed by atoms with Gasteiger partial charge in [0.05, 0.1) is 25.9 Å². The van der Waals surface area contributed by atoms with E-state index in [0.717, 1.165) is 38.2 Å². The van der Waals surface area contributed by atoms with Crippen molar-refractivity contribution in [2.75, 3.05) is 60.2 Å². The molecule has 0 spiro atoms. The Morgan fingerprint density at radius 3 is 2.59 bits per heavy atom. The Hall–Kier alpha value is -0.120. The minimum Gasteiger partial charge on any atom is -0.381 e. The quantitative estimate of drug-likeness (QED) is 0.408. The second-order valence-electron chi connectivity index (χ2n) is 5.76. The third kappa shape index (κ3) is 6.97. The molecule has 1 atom stereocenters. The predicted octanol–water partition coefficient (Wildman–Crippen LogP) is 1.34. The highest BCUT2D eigenvalue weighted by atomic mass is 127. The molecule has 0 aromatic heterocycles. The summed E-state index contributed by atoms with van der Waals surface area (Å²) in [6, 6.07) is 0. The number of nitrogens with zero attached hydrogens (tertiary/aromatic N) is 2. The van der Waals surface area contributed by atoms with E-state index in [0.29, 0.717) is 19.8 Å². The Kier molecular flexibility index (Phi) is 10.3. The lowest BCUT2D eigenvalue weighted by atomic mass is 9.96. The summed E-state index contributed by atoms with van der Waals surface area (Å²) >= 11 is 0. The molecule has 2 aliphatic rings. The summed E-state index contributed by atoms with van der Waals surface area (Å²) in [4.78, 5) is 6.54. The van der Waals surface area contributed by atoms with E-state index in [2.05, 4.69) is 22.3 Å². The summed E-state index contributed by atoms with van der Waals surface area (Å²) in [6.45, 7) is 5.65. The highest BCUT2D eigenvalue weighted by Crippen LogP contribution is 2.18. The normalized spacial score (nSPS) is 23.7. The van der Waals surface area contributed by atoms with Crippen molar-refractivity contribution in [3.8, 4) is 0 Å². The zero-order chi connectivity index (χ0) is 14.9. The number of hydrogen-bond donors (Lipinski definition) is 1. The molecule has 130 valence electrons. The van der Waals surface area contributed by atoms with E-state index in [1.807, 2.05) is 7.05 Å². The van der Waals surface area contributed by atoms with Gasteiger partial charge < -0.3 is 24.4 Å². The third-order valence-electron chi connectivity index (χ3n) is 4.16. The van der Waals surface area contributed by atoms with Gasteiger partial charge in [-0.25, -0.2) is 0 Å². The number of nitrogens with one attached hydrogen (secondary N) is 1. The summed E-state index contributed by atoms with van der Waals surface area (Å²) < 4.78 is 16.4. The van der Waals surface area contributed by atoms with Crippen molar-refractivity contribution in [2.45, 2.75) is 25.4 Å². The van der Waals surface area contributed by atoms with Crippen LogP contribution in [-0.4, -0.2) is 77.2 Å². The van der Waals surface area contributed by atoms with Gasteiger partial charge in [0.2, 0.25) is 0 Å². The van der Waals surface area contributed by atoms with Crippen LogP contribution in [0.3, 0.4) is 0 Å². The monoisotopic (exact) mass is 427 g/mol. The molecular weight excluding hydrogens is 397 g/mol. The molecule has 2 saturated heterocycles. The maximum absolute atomic E-state index is 5.63. The first-order valence-electron chi connectivity index (χ1n) is 7.98. The van der Waals surface area contributed by atoms with Crippen molar-refractivity contribution in [1.82, 2.24) is 10.2 Å². The van der Waals surface area contributed by atoms with E-state index in [4.69, 9.17) is 14.2 Å². The van der Waals surface area contributed by atoms with Gasteiger partial charge in [-0.2, -0.15) is 0 Å². The molecule has 0 aromatic carbocycles. The third-order valence-corrected chi connectivity index (χ3v) is 4.16. The fourth-order valence-corrected chi connectivity index (χ4v) is 2.76. The largest absolute Gasteiger partial charge is 0.381 e. The molecular formula is C15H30IN3O3. The van der Waals surface area contributed by atoms with Gasteiger partial charge in [0, 0.05) is 40.4 Å². The number of aliphatic imine (C=N–C) groups is 1. The second-order valence-corrected chi connectivity index (χ2v) is 5.76. The molecule has 22 heavy (non-hydrogen) atoms. The van der Waals surface area contributed by atoms with Crippen molar-refractivity contribution in [1.29, 1.82) is 0 Å². The zero-order valence-electron chi connectivity index (χ0n) is 13.8. The average Bonchev–Trinajstić information content (AvgIpc) is 2.55. The molecule has 0 bridgehead atoms. The first-order chi connectivity index (χ1) is 10.3. The summed E-state index contributed by atoms with van der Waals surface area (Å²) in [5.74, 6) is 1.71. The van der Waals surface area contributed by atoms with E-state index in [1.165, 1.54) is 19.3 Å². The molecule has 1 N–H and O–H groups in total. The Morgan fingerprint density at radius 1 is 1.18 bits per heavy atom. The number of halogens is 1. The number of ether oxygens (including phenoxy) is 3. The Morgan fingerprint density at radius 2 is 1.95 bits per heavy atom. The van der Waals surface area contributed by atoms with Gasteiger partial charge in [0.15, 0.2) is 5.96 Å². The fraction of sp³-hybridized carbons (Fsp3) is 0.933. The lowest BCUT2D eigenvalue weighted by Gasteiger charge is -2.28. The molecule has 0 saturated carbocycles. The molecule has 2 fully saturated rings. The second kappa shape index (κ2) is 11.4.